The summed E-state index contributed by atoms with van der Waals surface area (Å²) in [5.41, 5.74) is 1.90. The molecule has 26 heavy (non-hydrogen) atoms. The van der Waals surface area contributed by atoms with Crippen LogP contribution < -0.4 is 16.0 Å². The highest BCUT2D eigenvalue weighted by atomic mass is 79.9. The summed E-state index contributed by atoms with van der Waals surface area (Å²) in [6, 6.07) is 16.0. The molecule has 0 radical (unpaired) electrons. The van der Waals surface area contributed by atoms with Crippen molar-refractivity contribution < 1.29 is 9.59 Å². The molecule has 132 valence electrons. The van der Waals surface area contributed by atoms with Crippen molar-refractivity contribution in [2.45, 2.75) is 6.92 Å². The van der Waals surface area contributed by atoms with Gasteiger partial charge in [0.25, 0.3) is 5.91 Å². The van der Waals surface area contributed by atoms with Crippen LogP contribution in [0.15, 0.2) is 59.1 Å². The Kier molecular flexibility index (Phi) is 5.65. The van der Waals surface area contributed by atoms with Crippen molar-refractivity contribution in [3.63, 3.8) is 0 Å². The zero-order valence-corrected chi connectivity index (χ0v) is 16.1. The molecular formula is C18H15BrN4O2S. The third-order valence-electron chi connectivity index (χ3n) is 3.34. The Morgan fingerprint density at radius 1 is 0.962 bits per heavy atom. The number of carbonyl (C=O) groups is 2. The molecule has 0 aliphatic rings. The summed E-state index contributed by atoms with van der Waals surface area (Å²) >= 11 is 4.49. The number of nitrogens with zero attached hydrogens (tertiary/aromatic N) is 1. The van der Waals surface area contributed by atoms with Gasteiger partial charge >= 0.3 is 6.03 Å². The van der Waals surface area contributed by atoms with Crippen molar-refractivity contribution in [2.75, 3.05) is 16.0 Å². The standard InChI is InChI=1S/C18H15BrN4O2S/c1-11-15(16(24)21-14-9-5-6-12(19)10-14)26-18(20-11)23-17(25)22-13-7-3-2-4-8-13/h2-10H,1H3,(H,21,24)(H2,20,22,23,25). The number of thiazole rings is 1. The summed E-state index contributed by atoms with van der Waals surface area (Å²) in [7, 11) is 0. The van der Waals surface area contributed by atoms with E-state index in [1.165, 1.54) is 0 Å². The number of hydrogen-bond acceptors (Lipinski definition) is 4. The average Bonchev–Trinajstić information content (AvgIpc) is 2.96. The Hall–Kier alpha value is -2.71. The topological polar surface area (TPSA) is 83.1 Å². The van der Waals surface area contributed by atoms with Gasteiger partial charge in [0.1, 0.15) is 4.88 Å². The molecule has 0 fully saturated rings. The second kappa shape index (κ2) is 8.11. The molecule has 0 atom stereocenters. The van der Waals surface area contributed by atoms with Gasteiger partial charge < -0.3 is 10.6 Å². The number of aryl methyl sites for hydroxylation is 1. The SMILES string of the molecule is Cc1nc(NC(=O)Nc2ccccc2)sc1C(=O)Nc1cccc(Br)c1. The average molecular weight is 431 g/mol. The van der Waals surface area contributed by atoms with E-state index in [2.05, 4.69) is 36.9 Å². The molecule has 3 rings (SSSR count). The number of para-hydroxylation sites is 1. The minimum Gasteiger partial charge on any atom is -0.321 e. The molecule has 8 heteroatoms. The first-order valence-electron chi connectivity index (χ1n) is 7.68. The van der Waals surface area contributed by atoms with Gasteiger partial charge in [0.15, 0.2) is 5.13 Å². The van der Waals surface area contributed by atoms with E-state index in [9.17, 15) is 9.59 Å². The summed E-state index contributed by atoms with van der Waals surface area (Å²) in [6.07, 6.45) is 0. The molecule has 0 aliphatic carbocycles. The molecule has 0 saturated heterocycles. The number of rotatable bonds is 4. The highest BCUT2D eigenvalue weighted by Crippen LogP contribution is 2.24. The fraction of sp³-hybridized carbons (Fsp3) is 0.0556. The van der Waals surface area contributed by atoms with Gasteiger partial charge in [0.2, 0.25) is 0 Å². The first-order valence-corrected chi connectivity index (χ1v) is 9.29. The van der Waals surface area contributed by atoms with Gasteiger partial charge in [0, 0.05) is 15.8 Å². The van der Waals surface area contributed by atoms with E-state index >= 15 is 0 Å². The molecule has 3 amide bonds. The van der Waals surface area contributed by atoms with Crippen molar-refractivity contribution in [3.05, 3.63) is 69.6 Å². The maximum absolute atomic E-state index is 12.5. The summed E-state index contributed by atoms with van der Waals surface area (Å²) in [4.78, 5) is 29.2. The van der Waals surface area contributed by atoms with E-state index in [1.807, 2.05) is 30.3 Å². The van der Waals surface area contributed by atoms with Crippen LogP contribution in [0.3, 0.4) is 0 Å². The van der Waals surface area contributed by atoms with Gasteiger partial charge in [-0.1, -0.05) is 51.5 Å². The first-order chi connectivity index (χ1) is 12.5. The molecule has 0 spiro atoms. The van der Waals surface area contributed by atoms with Crippen molar-refractivity contribution in [1.82, 2.24) is 4.98 Å². The molecule has 6 nitrogen and oxygen atoms in total. The van der Waals surface area contributed by atoms with Crippen LogP contribution in [0.2, 0.25) is 0 Å². The van der Waals surface area contributed by atoms with Crippen LogP contribution in [0.1, 0.15) is 15.4 Å². The number of aromatic nitrogens is 1. The number of amides is 3. The van der Waals surface area contributed by atoms with E-state index in [0.29, 0.717) is 27.1 Å². The van der Waals surface area contributed by atoms with Crippen LogP contribution in [0, 0.1) is 6.92 Å². The normalized spacial score (nSPS) is 10.2. The predicted octanol–water partition coefficient (Wildman–Crippen LogP) is 5.11. The number of anilines is 3. The van der Waals surface area contributed by atoms with Gasteiger partial charge in [0.05, 0.1) is 5.69 Å². The molecule has 0 saturated carbocycles. The zero-order chi connectivity index (χ0) is 18.5. The second-order valence-electron chi connectivity index (χ2n) is 5.34. The van der Waals surface area contributed by atoms with E-state index < -0.39 is 6.03 Å². The van der Waals surface area contributed by atoms with Gasteiger partial charge in [-0.25, -0.2) is 9.78 Å². The zero-order valence-electron chi connectivity index (χ0n) is 13.7. The number of halogens is 1. The quantitative estimate of drug-likeness (QED) is 0.537. The maximum Gasteiger partial charge on any atom is 0.325 e. The van der Waals surface area contributed by atoms with Crippen LogP contribution in [0.4, 0.5) is 21.3 Å². The Morgan fingerprint density at radius 3 is 2.42 bits per heavy atom. The van der Waals surface area contributed by atoms with E-state index in [1.54, 1.807) is 31.2 Å². The Morgan fingerprint density at radius 2 is 1.69 bits per heavy atom. The smallest absolute Gasteiger partial charge is 0.321 e. The molecule has 0 unspecified atom stereocenters. The van der Waals surface area contributed by atoms with Crippen molar-refractivity contribution in [2.24, 2.45) is 0 Å². The monoisotopic (exact) mass is 430 g/mol. The van der Waals surface area contributed by atoms with Crippen LogP contribution in [0.5, 0.6) is 0 Å². The lowest BCUT2D eigenvalue weighted by molar-refractivity contribution is 0.103. The summed E-state index contributed by atoms with van der Waals surface area (Å²) in [6.45, 7) is 1.73. The number of benzene rings is 2. The third kappa shape index (κ3) is 4.68. The Balaban J connectivity index is 1.66. The first kappa shape index (κ1) is 18.1. The summed E-state index contributed by atoms with van der Waals surface area (Å²) in [5.74, 6) is -0.269. The molecule has 3 aromatic rings. The fourth-order valence-electron chi connectivity index (χ4n) is 2.20. The largest absolute Gasteiger partial charge is 0.325 e. The minimum atomic E-state index is -0.413. The highest BCUT2D eigenvalue weighted by molar-refractivity contribution is 9.10. The van der Waals surface area contributed by atoms with Gasteiger partial charge in [-0.3, -0.25) is 10.1 Å². The summed E-state index contributed by atoms with van der Waals surface area (Å²) in [5, 5.41) is 8.53. The van der Waals surface area contributed by atoms with Crippen LogP contribution in [-0.2, 0) is 0 Å². The van der Waals surface area contributed by atoms with Crippen LogP contribution in [-0.4, -0.2) is 16.9 Å². The molecular weight excluding hydrogens is 416 g/mol. The van der Waals surface area contributed by atoms with E-state index in [-0.39, 0.29) is 5.91 Å². The van der Waals surface area contributed by atoms with Crippen molar-refractivity contribution in [1.29, 1.82) is 0 Å². The number of nitrogens with one attached hydrogen (secondary N) is 3. The lowest BCUT2D eigenvalue weighted by Crippen LogP contribution is -2.19. The highest BCUT2D eigenvalue weighted by Gasteiger charge is 2.17. The van der Waals surface area contributed by atoms with Gasteiger partial charge in [-0.2, -0.15) is 0 Å². The summed E-state index contributed by atoms with van der Waals surface area (Å²) < 4.78 is 0.872. The minimum absolute atomic E-state index is 0.269. The van der Waals surface area contributed by atoms with Crippen LogP contribution in [0.25, 0.3) is 0 Å². The molecule has 3 N–H and O–H groups in total. The van der Waals surface area contributed by atoms with Crippen molar-refractivity contribution in [3.8, 4) is 0 Å². The predicted molar refractivity (Wildman–Crippen MR) is 108 cm³/mol. The number of urea groups is 1. The molecule has 1 heterocycles. The van der Waals surface area contributed by atoms with Crippen molar-refractivity contribution >= 4 is 55.7 Å². The molecule has 0 bridgehead atoms. The Labute approximate surface area is 162 Å². The molecule has 1 aromatic heterocycles. The van der Waals surface area contributed by atoms with Crippen LogP contribution >= 0.6 is 27.3 Å². The number of carbonyl (C=O) groups excluding carboxylic acids is 2. The third-order valence-corrected chi connectivity index (χ3v) is 4.90. The fourth-order valence-corrected chi connectivity index (χ4v) is 3.45. The number of hydrogen-bond donors (Lipinski definition) is 3. The lowest BCUT2D eigenvalue weighted by atomic mass is 10.3. The molecule has 2 aromatic carbocycles. The van der Waals surface area contributed by atoms with Gasteiger partial charge in [-0.15, -0.1) is 0 Å². The van der Waals surface area contributed by atoms with E-state index in [0.717, 1.165) is 15.8 Å². The van der Waals surface area contributed by atoms with E-state index in [4.69, 9.17) is 0 Å². The maximum atomic E-state index is 12.5. The Bertz CT molecular complexity index is 943. The molecule has 0 aliphatic heterocycles. The second-order valence-corrected chi connectivity index (χ2v) is 7.26. The van der Waals surface area contributed by atoms with Gasteiger partial charge in [-0.05, 0) is 37.3 Å². The lowest BCUT2D eigenvalue weighted by Gasteiger charge is -2.05.